The summed E-state index contributed by atoms with van der Waals surface area (Å²) in [4.78, 5) is 51.7. The number of aromatic nitrogens is 4. The van der Waals surface area contributed by atoms with E-state index in [1.54, 1.807) is 6.20 Å². The normalized spacial score (nSPS) is 13.7. The molecule has 0 fully saturated rings. The quantitative estimate of drug-likeness (QED) is 0.137. The first-order chi connectivity index (χ1) is 18.9. The van der Waals surface area contributed by atoms with Crippen LogP contribution in [0.15, 0.2) is 73.4 Å². The van der Waals surface area contributed by atoms with Crippen LogP contribution in [0.1, 0.15) is 16.8 Å². The van der Waals surface area contributed by atoms with Crippen molar-refractivity contribution in [2.45, 2.75) is 37.4 Å². The van der Waals surface area contributed by atoms with Crippen molar-refractivity contribution in [3.8, 4) is 0 Å². The van der Waals surface area contributed by atoms with Crippen LogP contribution in [0.2, 0.25) is 0 Å². The maximum absolute atomic E-state index is 13.4. The van der Waals surface area contributed by atoms with Crippen molar-refractivity contribution >= 4 is 39.6 Å². The number of nitrogens with zero attached hydrogens (tertiary/aromatic N) is 1. The highest BCUT2D eigenvalue weighted by Gasteiger charge is 2.29. The Labute approximate surface area is 223 Å². The number of hydrogen-bond donors (Lipinski definition) is 7. The van der Waals surface area contributed by atoms with Gasteiger partial charge in [-0.3, -0.25) is 9.59 Å². The molecule has 3 unspecified atom stereocenters. The number of fused-ring (bicyclic) bond motifs is 2. The van der Waals surface area contributed by atoms with Crippen molar-refractivity contribution in [2.24, 2.45) is 5.73 Å². The number of hydrogen-bond acceptors (Lipinski definition) is 5. The second-order valence-corrected chi connectivity index (χ2v) is 9.48. The van der Waals surface area contributed by atoms with Gasteiger partial charge < -0.3 is 36.4 Å². The van der Waals surface area contributed by atoms with Crippen molar-refractivity contribution in [3.05, 3.63) is 90.3 Å². The van der Waals surface area contributed by atoms with Gasteiger partial charge in [0.05, 0.1) is 12.4 Å². The number of carbonyl (C=O) groups excluding carboxylic acids is 2. The lowest BCUT2D eigenvalue weighted by atomic mass is 10.0. The summed E-state index contributed by atoms with van der Waals surface area (Å²) in [5, 5.41) is 17.0. The SMILES string of the molecule is NC(Cc1c[nH]c2ccccc12)C(=O)NC(Cc1c[nH]c2ccccc12)C(=O)NC(Cc1cnc[nH]1)C(=O)O. The molecule has 11 nitrogen and oxygen atoms in total. The van der Waals surface area contributed by atoms with E-state index in [0.717, 1.165) is 32.9 Å². The third-order valence-corrected chi connectivity index (χ3v) is 6.78. The Morgan fingerprint density at radius 2 is 1.38 bits per heavy atom. The molecule has 3 atom stereocenters. The van der Waals surface area contributed by atoms with Gasteiger partial charge in [0.1, 0.15) is 12.1 Å². The highest BCUT2D eigenvalue weighted by Crippen LogP contribution is 2.21. The molecule has 0 bridgehead atoms. The van der Waals surface area contributed by atoms with Crippen molar-refractivity contribution in [1.29, 1.82) is 0 Å². The van der Waals surface area contributed by atoms with Gasteiger partial charge in [-0.05, 0) is 29.7 Å². The summed E-state index contributed by atoms with van der Waals surface area (Å²) in [5.41, 5.74) is 10.4. The smallest absolute Gasteiger partial charge is 0.326 e. The van der Waals surface area contributed by atoms with Crippen LogP contribution in [-0.4, -0.2) is 61.0 Å². The van der Waals surface area contributed by atoms with E-state index >= 15 is 0 Å². The molecule has 0 aliphatic heterocycles. The topological polar surface area (TPSA) is 182 Å². The van der Waals surface area contributed by atoms with E-state index in [9.17, 15) is 19.5 Å². The van der Waals surface area contributed by atoms with Crippen molar-refractivity contribution in [1.82, 2.24) is 30.6 Å². The third kappa shape index (κ3) is 5.83. The zero-order valence-corrected chi connectivity index (χ0v) is 21.0. The van der Waals surface area contributed by atoms with Crippen LogP contribution in [0.5, 0.6) is 0 Å². The molecule has 3 aromatic heterocycles. The second kappa shape index (κ2) is 11.2. The van der Waals surface area contributed by atoms with E-state index in [2.05, 4.69) is 30.6 Å². The fraction of sp³-hybridized carbons (Fsp3) is 0.214. The van der Waals surface area contributed by atoms with Crippen LogP contribution in [0.4, 0.5) is 0 Å². The minimum absolute atomic E-state index is 0.00883. The van der Waals surface area contributed by atoms with E-state index in [1.165, 1.54) is 12.5 Å². The van der Waals surface area contributed by atoms with Crippen LogP contribution in [0, 0.1) is 0 Å². The first-order valence-corrected chi connectivity index (χ1v) is 12.6. The summed E-state index contributed by atoms with van der Waals surface area (Å²) in [7, 11) is 0. The zero-order valence-electron chi connectivity index (χ0n) is 21.0. The molecule has 11 heteroatoms. The van der Waals surface area contributed by atoms with E-state index in [1.807, 2.05) is 54.7 Å². The number of aliphatic carboxylic acids is 1. The molecular formula is C28H29N7O4. The molecule has 0 spiro atoms. The highest BCUT2D eigenvalue weighted by atomic mass is 16.4. The summed E-state index contributed by atoms with van der Waals surface area (Å²) >= 11 is 0. The molecule has 8 N–H and O–H groups in total. The van der Waals surface area contributed by atoms with Gasteiger partial charge in [0.15, 0.2) is 0 Å². The number of nitrogens with two attached hydrogens (primary N) is 1. The minimum atomic E-state index is -1.22. The minimum Gasteiger partial charge on any atom is -0.480 e. The van der Waals surface area contributed by atoms with Crippen molar-refractivity contribution < 1.29 is 19.5 Å². The molecule has 0 radical (unpaired) electrons. The molecule has 2 amide bonds. The van der Waals surface area contributed by atoms with E-state index in [4.69, 9.17) is 5.73 Å². The highest BCUT2D eigenvalue weighted by molar-refractivity contribution is 5.93. The van der Waals surface area contributed by atoms with E-state index < -0.39 is 35.9 Å². The zero-order chi connectivity index (χ0) is 27.4. The molecule has 39 heavy (non-hydrogen) atoms. The lowest BCUT2D eigenvalue weighted by Gasteiger charge is -2.23. The Morgan fingerprint density at radius 1 is 0.795 bits per heavy atom. The Balaban J connectivity index is 1.35. The molecule has 2 aromatic carbocycles. The number of carboxylic acids is 1. The number of imidazole rings is 1. The first-order valence-electron chi connectivity index (χ1n) is 12.6. The van der Waals surface area contributed by atoms with Gasteiger partial charge in [-0.25, -0.2) is 9.78 Å². The Bertz CT molecular complexity index is 1600. The van der Waals surface area contributed by atoms with Gasteiger partial charge in [-0.1, -0.05) is 36.4 Å². The van der Waals surface area contributed by atoms with Gasteiger partial charge in [0.25, 0.3) is 0 Å². The summed E-state index contributed by atoms with van der Waals surface area (Å²) in [5.74, 6) is -2.34. The molecule has 200 valence electrons. The van der Waals surface area contributed by atoms with Gasteiger partial charge in [-0.15, -0.1) is 0 Å². The summed E-state index contributed by atoms with van der Waals surface area (Å²) in [6, 6.07) is 12.1. The first kappa shape index (κ1) is 25.7. The number of para-hydroxylation sites is 2. The molecule has 0 saturated carbocycles. The Kier molecular flexibility index (Phi) is 7.41. The van der Waals surface area contributed by atoms with Crippen LogP contribution in [0.3, 0.4) is 0 Å². The van der Waals surface area contributed by atoms with Crippen LogP contribution < -0.4 is 16.4 Å². The fourth-order valence-electron chi connectivity index (χ4n) is 4.73. The number of carboxylic acid groups (broad SMARTS) is 1. The molecule has 0 saturated heterocycles. The van der Waals surface area contributed by atoms with Gasteiger partial charge in [0.2, 0.25) is 11.8 Å². The average Bonchev–Trinajstić information content (AvgIpc) is 3.69. The molecule has 5 rings (SSSR count). The van der Waals surface area contributed by atoms with Gasteiger partial charge in [-0.2, -0.15) is 0 Å². The third-order valence-electron chi connectivity index (χ3n) is 6.78. The summed E-state index contributed by atoms with van der Waals surface area (Å²) < 4.78 is 0. The average molecular weight is 528 g/mol. The Hall–Kier alpha value is -4.90. The second-order valence-electron chi connectivity index (χ2n) is 9.48. The maximum Gasteiger partial charge on any atom is 0.326 e. The van der Waals surface area contributed by atoms with E-state index in [-0.39, 0.29) is 19.3 Å². The summed E-state index contributed by atoms with van der Waals surface area (Å²) in [6.07, 6.45) is 6.94. The molecule has 0 aliphatic rings. The standard InChI is InChI=1S/C28H29N7O4/c29-21(9-16-12-31-22-7-3-1-5-19(16)22)26(36)34-24(10-17-13-32-23-8-4-2-6-20(17)23)27(37)35-25(28(38)39)11-18-14-30-15-33-18/h1-8,12-15,21,24-25,31-32H,9-11,29H2,(H,30,33)(H,34,36)(H,35,37)(H,38,39). The van der Waals surface area contributed by atoms with Crippen molar-refractivity contribution in [2.75, 3.05) is 0 Å². The fourth-order valence-corrected chi connectivity index (χ4v) is 4.73. The van der Waals surface area contributed by atoms with Crippen LogP contribution in [0.25, 0.3) is 21.8 Å². The predicted octanol–water partition coefficient (Wildman–Crippen LogP) is 1.78. The lowest BCUT2D eigenvalue weighted by molar-refractivity contribution is -0.142. The molecular weight excluding hydrogens is 498 g/mol. The molecule has 3 heterocycles. The number of aromatic amines is 3. The van der Waals surface area contributed by atoms with Crippen LogP contribution in [-0.2, 0) is 33.6 Å². The Morgan fingerprint density at radius 3 is 1.97 bits per heavy atom. The molecule has 0 aliphatic carbocycles. The number of nitrogens with one attached hydrogen (secondary N) is 5. The largest absolute Gasteiger partial charge is 0.480 e. The monoisotopic (exact) mass is 527 g/mol. The maximum atomic E-state index is 13.4. The van der Waals surface area contributed by atoms with Crippen LogP contribution >= 0.6 is 0 Å². The van der Waals surface area contributed by atoms with Gasteiger partial charge in [0, 0.05) is 58.9 Å². The number of benzene rings is 2. The predicted molar refractivity (Wildman–Crippen MR) is 146 cm³/mol. The number of H-pyrrole nitrogens is 3. The van der Waals surface area contributed by atoms with E-state index in [0.29, 0.717) is 5.69 Å². The summed E-state index contributed by atoms with van der Waals surface area (Å²) in [6.45, 7) is 0. The van der Waals surface area contributed by atoms with Gasteiger partial charge >= 0.3 is 5.97 Å². The molecule has 5 aromatic rings. The van der Waals surface area contributed by atoms with Crippen molar-refractivity contribution in [3.63, 3.8) is 0 Å². The number of carbonyl (C=O) groups is 3. The lowest BCUT2D eigenvalue weighted by Crippen LogP contribution is -2.55. The number of amides is 2. The number of rotatable bonds is 11.